The first-order valence-corrected chi connectivity index (χ1v) is 27.3. The number of likely N-dealkylation sites (tertiary alicyclic amines) is 1. The average Bonchev–Trinajstić information content (AvgIpc) is 3.63. The van der Waals surface area contributed by atoms with Gasteiger partial charge in [-0.2, -0.15) is 0 Å². The highest BCUT2D eigenvalue weighted by Crippen LogP contribution is 2.67. The Morgan fingerprint density at radius 2 is 1.45 bits per heavy atom. The van der Waals surface area contributed by atoms with Gasteiger partial charge in [0.1, 0.15) is 0 Å². The third-order valence-corrected chi connectivity index (χ3v) is 17.1. The molecule has 3 saturated carbocycles. The lowest BCUT2D eigenvalue weighted by Gasteiger charge is -2.58. The summed E-state index contributed by atoms with van der Waals surface area (Å²) in [6, 6.07) is 0. The van der Waals surface area contributed by atoms with E-state index in [4.69, 9.17) is 18.9 Å². The Kier molecular flexibility index (Phi) is 24.3. The quantitative estimate of drug-likeness (QED) is 0.0498. The summed E-state index contributed by atoms with van der Waals surface area (Å²) in [7, 11) is 0. The highest BCUT2D eigenvalue weighted by molar-refractivity contribution is 5.25. The number of piperidine rings is 1. The van der Waals surface area contributed by atoms with Gasteiger partial charge in [0.25, 0.3) is 0 Å². The second-order valence-electron chi connectivity index (χ2n) is 22.2. The van der Waals surface area contributed by atoms with Gasteiger partial charge < -0.3 is 23.8 Å². The van der Waals surface area contributed by atoms with E-state index < -0.39 is 0 Å². The lowest BCUT2D eigenvalue weighted by Crippen LogP contribution is -2.51. The molecular weight excluding hydrogens is 763 g/mol. The van der Waals surface area contributed by atoms with Crippen LogP contribution < -0.4 is 0 Å². The van der Waals surface area contributed by atoms with Gasteiger partial charge in [0.2, 0.25) is 0 Å². The Bertz CT molecular complexity index is 1270. The smallest absolute Gasteiger partial charge is 0.0936 e. The van der Waals surface area contributed by atoms with Crippen LogP contribution in [0.15, 0.2) is 36.0 Å². The van der Waals surface area contributed by atoms with Crippen LogP contribution >= 0.6 is 0 Å². The van der Waals surface area contributed by atoms with Crippen LogP contribution in [0.4, 0.5) is 0 Å². The Balaban J connectivity index is 0.912. The summed E-state index contributed by atoms with van der Waals surface area (Å²) in [5.74, 6) is 5.37. The molecule has 1 heterocycles. The highest BCUT2D eigenvalue weighted by Gasteiger charge is 2.59. The number of fused-ring (bicyclic) bond motifs is 5. The van der Waals surface area contributed by atoms with Crippen molar-refractivity contribution in [3.8, 4) is 0 Å². The van der Waals surface area contributed by atoms with Gasteiger partial charge in [-0.1, -0.05) is 142 Å². The number of nitrogens with zero attached hydrogens (tertiary/aromatic N) is 1. The van der Waals surface area contributed by atoms with Crippen LogP contribution in [0.5, 0.6) is 0 Å². The van der Waals surface area contributed by atoms with Gasteiger partial charge in [-0.05, 0) is 162 Å². The fourth-order valence-electron chi connectivity index (χ4n) is 13.4. The number of hydrogen-bond acceptors (Lipinski definition) is 5. The van der Waals surface area contributed by atoms with Gasteiger partial charge in [-0.25, -0.2) is 0 Å². The number of rotatable bonds is 32. The predicted octanol–water partition coefficient (Wildman–Crippen LogP) is 15.1. The molecule has 0 aromatic rings. The Hall–Kier alpha value is -0.980. The van der Waals surface area contributed by atoms with Gasteiger partial charge in [-0.3, -0.25) is 0 Å². The Labute approximate surface area is 384 Å². The molecule has 1 aliphatic heterocycles. The molecule has 5 nitrogen and oxygen atoms in total. The molecule has 4 aliphatic carbocycles. The van der Waals surface area contributed by atoms with E-state index in [1.807, 2.05) is 0 Å². The molecule has 0 aromatic carbocycles. The summed E-state index contributed by atoms with van der Waals surface area (Å²) in [4.78, 5) is 2.58. The van der Waals surface area contributed by atoms with E-state index in [0.29, 0.717) is 50.0 Å². The molecule has 358 valence electrons. The number of allylic oxidation sites excluding steroid dienone is 5. The SMILES string of the molecule is CCCCC/C=C\C/C=C\CCCCCCCCOCC(CN1CCCCC1)OCCOCCOC1CCC2(C)C(=CCC3C2CCC2(C)C(C(C)CCCC(C)C)CCC32)C1. The van der Waals surface area contributed by atoms with Crippen molar-refractivity contribution in [3.63, 3.8) is 0 Å². The normalized spacial score (nSPS) is 30.2. The monoisotopic (exact) mass is 864 g/mol. The maximum atomic E-state index is 6.52. The van der Waals surface area contributed by atoms with Gasteiger partial charge in [0, 0.05) is 13.2 Å². The lowest BCUT2D eigenvalue weighted by atomic mass is 9.47. The van der Waals surface area contributed by atoms with Crippen molar-refractivity contribution in [3.05, 3.63) is 36.0 Å². The third kappa shape index (κ3) is 16.7. The van der Waals surface area contributed by atoms with E-state index in [9.17, 15) is 0 Å². The first-order chi connectivity index (χ1) is 30.2. The second-order valence-corrected chi connectivity index (χ2v) is 22.2. The van der Waals surface area contributed by atoms with E-state index in [0.717, 1.165) is 67.9 Å². The fourth-order valence-corrected chi connectivity index (χ4v) is 13.4. The molecule has 9 unspecified atom stereocenters. The molecule has 0 bridgehead atoms. The number of unbranched alkanes of at least 4 members (excludes halogenated alkanes) is 9. The van der Waals surface area contributed by atoms with E-state index in [-0.39, 0.29) is 6.10 Å². The van der Waals surface area contributed by atoms with Crippen molar-refractivity contribution in [2.45, 2.75) is 221 Å². The van der Waals surface area contributed by atoms with E-state index >= 15 is 0 Å². The molecule has 0 N–H and O–H groups in total. The van der Waals surface area contributed by atoms with E-state index in [1.165, 1.54) is 161 Å². The molecule has 62 heavy (non-hydrogen) atoms. The summed E-state index contributed by atoms with van der Waals surface area (Å²) in [5, 5.41) is 0. The summed E-state index contributed by atoms with van der Waals surface area (Å²) in [6.45, 7) is 22.5. The molecule has 5 rings (SSSR count). The molecular formula is C57H101NO4. The molecule has 0 amide bonds. The molecule has 5 heteroatoms. The van der Waals surface area contributed by atoms with Gasteiger partial charge in [0.05, 0.1) is 45.2 Å². The molecule has 5 aliphatic rings. The van der Waals surface area contributed by atoms with Crippen LogP contribution in [0.1, 0.15) is 208 Å². The maximum Gasteiger partial charge on any atom is 0.0936 e. The number of ether oxygens (including phenoxy) is 4. The first kappa shape index (κ1) is 52.0. The average molecular weight is 864 g/mol. The van der Waals surface area contributed by atoms with Crippen molar-refractivity contribution >= 4 is 0 Å². The Morgan fingerprint density at radius 1 is 0.710 bits per heavy atom. The van der Waals surface area contributed by atoms with Gasteiger partial charge in [-0.15, -0.1) is 0 Å². The van der Waals surface area contributed by atoms with Crippen LogP contribution in [0.3, 0.4) is 0 Å². The van der Waals surface area contributed by atoms with E-state index in [1.54, 1.807) is 5.57 Å². The van der Waals surface area contributed by atoms with Crippen molar-refractivity contribution in [2.24, 2.45) is 46.3 Å². The van der Waals surface area contributed by atoms with E-state index in [2.05, 4.69) is 76.8 Å². The molecule has 0 aromatic heterocycles. The standard InChI is InChI=1S/C57H101NO4/c1-7-8-9-10-11-12-13-14-15-16-17-18-19-20-21-25-39-60-46-51(45-58-37-23-22-24-38-58)62-43-41-59-40-42-61-50-33-35-56(5)49(44-50)29-30-52-54-32-31-53(48(4)28-26-27-47(2)3)57(54,6)36-34-55(52)56/h11-12,14-15,29,47-48,50-55H,7-10,13,16-28,30-46H2,1-6H3/b12-11-,15-14-. The highest BCUT2D eigenvalue weighted by atomic mass is 16.6. The summed E-state index contributed by atoms with van der Waals surface area (Å²) in [5.41, 5.74) is 2.68. The largest absolute Gasteiger partial charge is 0.379 e. The zero-order chi connectivity index (χ0) is 43.9. The first-order valence-electron chi connectivity index (χ1n) is 27.3. The predicted molar refractivity (Wildman–Crippen MR) is 264 cm³/mol. The zero-order valence-electron chi connectivity index (χ0n) is 41.8. The minimum Gasteiger partial charge on any atom is -0.379 e. The van der Waals surface area contributed by atoms with Crippen LogP contribution in [0.25, 0.3) is 0 Å². The van der Waals surface area contributed by atoms with Crippen LogP contribution in [0, 0.1) is 46.3 Å². The number of hydrogen-bond donors (Lipinski definition) is 0. The fraction of sp³-hybridized carbons (Fsp3) is 0.895. The maximum absolute atomic E-state index is 6.52. The van der Waals surface area contributed by atoms with Crippen LogP contribution in [0.2, 0.25) is 0 Å². The van der Waals surface area contributed by atoms with Gasteiger partial charge in [0.15, 0.2) is 0 Å². The Morgan fingerprint density at radius 3 is 2.23 bits per heavy atom. The molecule has 9 atom stereocenters. The molecule has 0 radical (unpaired) electrons. The van der Waals surface area contributed by atoms with Crippen molar-refractivity contribution in [1.29, 1.82) is 0 Å². The summed E-state index contributed by atoms with van der Waals surface area (Å²) in [6.07, 6.45) is 46.9. The van der Waals surface area contributed by atoms with Crippen LogP contribution in [-0.4, -0.2) is 76.4 Å². The van der Waals surface area contributed by atoms with Crippen molar-refractivity contribution in [2.75, 3.05) is 59.3 Å². The minimum atomic E-state index is 0.119. The summed E-state index contributed by atoms with van der Waals surface area (Å²) < 4.78 is 25.2. The molecule has 0 spiro atoms. The minimum absolute atomic E-state index is 0.119. The lowest BCUT2D eigenvalue weighted by molar-refractivity contribution is -0.0737. The zero-order valence-corrected chi connectivity index (χ0v) is 41.8. The third-order valence-electron chi connectivity index (χ3n) is 17.1. The van der Waals surface area contributed by atoms with Crippen LogP contribution in [-0.2, 0) is 18.9 Å². The van der Waals surface area contributed by atoms with Gasteiger partial charge >= 0.3 is 0 Å². The molecule has 4 fully saturated rings. The second kappa shape index (κ2) is 28.9. The van der Waals surface area contributed by atoms with Crippen molar-refractivity contribution in [1.82, 2.24) is 4.90 Å². The topological polar surface area (TPSA) is 40.2 Å². The molecule has 1 saturated heterocycles. The van der Waals surface area contributed by atoms with Crippen molar-refractivity contribution < 1.29 is 18.9 Å². The summed E-state index contributed by atoms with van der Waals surface area (Å²) >= 11 is 0.